The first-order valence-corrected chi connectivity index (χ1v) is 12.0. The van der Waals surface area contributed by atoms with E-state index in [9.17, 15) is 10.4 Å². The Balaban J connectivity index is 1.60. The fraction of sp³-hybridized carbons (Fsp3) is 0.148. The summed E-state index contributed by atoms with van der Waals surface area (Å²) in [6, 6.07) is 18.9. The number of aliphatic hydroxyl groups is 1. The molecule has 2 atom stereocenters. The number of aromatic nitrogens is 5. The van der Waals surface area contributed by atoms with Gasteiger partial charge in [-0.3, -0.25) is 9.97 Å². The molecule has 5 aromatic rings. The first-order valence-electron chi connectivity index (χ1n) is 11.6. The van der Waals surface area contributed by atoms with Crippen molar-refractivity contribution < 1.29 is 5.11 Å². The lowest BCUT2D eigenvalue weighted by molar-refractivity contribution is 0.280. The van der Waals surface area contributed by atoms with Crippen molar-refractivity contribution in [2.75, 3.05) is 17.2 Å². The van der Waals surface area contributed by atoms with Crippen LogP contribution in [0.15, 0.2) is 79.4 Å². The van der Waals surface area contributed by atoms with Crippen molar-refractivity contribution in [1.29, 1.82) is 5.26 Å². The van der Waals surface area contributed by atoms with E-state index in [1.165, 1.54) is 6.20 Å². The molecule has 0 aliphatic carbocycles. The quantitative estimate of drug-likeness (QED) is 0.217. The third-order valence-electron chi connectivity index (χ3n) is 6.04. The Morgan fingerprint density at radius 2 is 1.86 bits per heavy atom. The van der Waals surface area contributed by atoms with Gasteiger partial charge in [0.15, 0.2) is 0 Å². The highest BCUT2D eigenvalue weighted by atomic mass is 35.5. The Hall–Kier alpha value is -4.52. The molecule has 0 aliphatic heterocycles. The second-order valence-electron chi connectivity index (χ2n) is 8.39. The minimum absolute atomic E-state index is 0.0183. The van der Waals surface area contributed by atoms with Crippen molar-refractivity contribution in [2.45, 2.75) is 18.5 Å². The van der Waals surface area contributed by atoms with Crippen molar-refractivity contribution in [3.8, 4) is 6.07 Å². The van der Waals surface area contributed by atoms with Crippen molar-refractivity contribution >= 4 is 33.9 Å². The molecule has 0 bridgehead atoms. The van der Waals surface area contributed by atoms with Gasteiger partial charge in [-0.25, -0.2) is 0 Å². The van der Waals surface area contributed by atoms with E-state index >= 15 is 0 Å². The molecule has 9 nitrogen and oxygen atoms in total. The predicted molar refractivity (Wildman–Crippen MR) is 142 cm³/mol. The topological polar surface area (TPSA) is 135 Å². The van der Waals surface area contributed by atoms with Crippen LogP contribution in [0.25, 0.3) is 10.9 Å². The lowest BCUT2D eigenvalue weighted by Gasteiger charge is -2.23. The smallest absolute Gasteiger partial charge is 0.109 e. The Bertz CT molecular complexity index is 1520. The summed E-state index contributed by atoms with van der Waals surface area (Å²) in [5.74, 6) is 0. The van der Waals surface area contributed by atoms with Crippen LogP contribution >= 0.6 is 11.6 Å². The average molecular weight is 511 g/mol. The monoisotopic (exact) mass is 510 g/mol. The molecule has 3 heterocycles. The Morgan fingerprint density at radius 3 is 2.57 bits per heavy atom. The van der Waals surface area contributed by atoms with Gasteiger partial charge in [0.2, 0.25) is 0 Å². The third kappa shape index (κ3) is 5.21. The van der Waals surface area contributed by atoms with E-state index in [-0.39, 0.29) is 18.7 Å². The maximum absolute atomic E-state index is 9.90. The molecular weight excluding hydrogens is 488 g/mol. The SMILES string of the molecule is N#Cc1cnc2c(Cl)cc(N[C@@H](c3cccnc3)c3cn[nH]n3)cc2c1N[C@H](CCO)c1ccccc1. The van der Waals surface area contributed by atoms with Crippen LogP contribution in [0.4, 0.5) is 11.4 Å². The molecule has 0 spiro atoms. The number of nitriles is 1. The van der Waals surface area contributed by atoms with Crippen LogP contribution in [0.5, 0.6) is 0 Å². The highest BCUT2D eigenvalue weighted by Gasteiger charge is 2.21. The van der Waals surface area contributed by atoms with E-state index in [2.05, 4.69) is 42.1 Å². The van der Waals surface area contributed by atoms with Crippen LogP contribution in [-0.2, 0) is 0 Å². The van der Waals surface area contributed by atoms with Gasteiger partial charge < -0.3 is 15.7 Å². The van der Waals surface area contributed by atoms with Crippen molar-refractivity contribution in [3.63, 3.8) is 0 Å². The van der Waals surface area contributed by atoms with Crippen LogP contribution in [-0.4, -0.2) is 37.1 Å². The van der Waals surface area contributed by atoms with E-state index in [0.29, 0.717) is 45.0 Å². The van der Waals surface area contributed by atoms with E-state index in [1.54, 1.807) is 24.7 Å². The number of fused-ring (bicyclic) bond motifs is 1. The zero-order valence-corrected chi connectivity index (χ0v) is 20.4. The number of nitrogens with zero attached hydrogens (tertiary/aromatic N) is 5. The second-order valence-corrected chi connectivity index (χ2v) is 8.80. The predicted octanol–water partition coefficient (Wildman–Crippen LogP) is 5.01. The molecule has 184 valence electrons. The summed E-state index contributed by atoms with van der Waals surface area (Å²) < 4.78 is 0. The van der Waals surface area contributed by atoms with E-state index in [1.807, 2.05) is 48.5 Å². The van der Waals surface area contributed by atoms with Gasteiger partial charge in [0.05, 0.1) is 40.1 Å². The minimum atomic E-state index is -0.351. The lowest BCUT2D eigenvalue weighted by atomic mass is 10.0. The molecule has 0 aliphatic rings. The van der Waals surface area contributed by atoms with Crippen molar-refractivity contribution in [1.82, 2.24) is 25.4 Å². The van der Waals surface area contributed by atoms with Crippen LogP contribution < -0.4 is 10.6 Å². The van der Waals surface area contributed by atoms with Gasteiger partial charge >= 0.3 is 0 Å². The highest BCUT2D eigenvalue weighted by molar-refractivity contribution is 6.35. The van der Waals surface area contributed by atoms with Gasteiger partial charge in [0.25, 0.3) is 0 Å². The number of H-pyrrole nitrogens is 1. The van der Waals surface area contributed by atoms with E-state index < -0.39 is 0 Å². The molecular formula is C27H23ClN8O. The average Bonchev–Trinajstić information content (AvgIpc) is 3.47. The largest absolute Gasteiger partial charge is 0.396 e. The number of aliphatic hydroxyl groups excluding tert-OH is 1. The molecule has 37 heavy (non-hydrogen) atoms. The third-order valence-corrected chi connectivity index (χ3v) is 6.33. The summed E-state index contributed by atoms with van der Waals surface area (Å²) in [6.07, 6.45) is 7.09. The van der Waals surface area contributed by atoms with Gasteiger partial charge in [-0.2, -0.15) is 20.7 Å². The summed E-state index contributed by atoms with van der Waals surface area (Å²) in [7, 11) is 0. The Labute approximate surface area is 218 Å². The number of hydrogen-bond acceptors (Lipinski definition) is 8. The molecule has 0 saturated heterocycles. The number of aromatic amines is 1. The van der Waals surface area contributed by atoms with Crippen LogP contribution in [0.1, 0.15) is 40.9 Å². The molecule has 0 saturated carbocycles. The van der Waals surface area contributed by atoms with E-state index in [0.717, 1.165) is 11.1 Å². The molecule has 0 radical (unpaired) electrons. The Morgan fingerprint density at radius 1 is 1.03 bits per heavy atom. The number of halogens is 1. The number of hydrogen-bond donors (Lipinski definition) is 4. The first-order chi connectivity index (χ1) is 18.2. The van der Waals surface area contributed by atoms with Crippen LogP contribution in [0.2, 0.25) is 5.02 Å². The fourth-order valence-corrected chi connectivity index (χ4v) is 4.55. The van der Waals surface area contributed by atoms with Crippen LogP contribution in [0, 0.1) is 11.3 Å². The molecule has 0 amide bonds. The Kier molecular flexibility index (Phi) is 7.21. The lowest BCUT2D eigenvalue weighted by Crippen LogP contribution is -2.15. The normalized spacial score (nSPS) is 12.6. The summed E-state index contributed by atoms with van der Waals surface area (Å²) in [5.41, 5.74) is 4.80. The number of benzene rings is 2. The molecule has 0 unspecified atom stereocenters. The number of anilines is 2. The summed E-state index contributed by atoms with van der Waals surface area (Å²) in [4.78, 5) is 8.70. The van der Waals surface area contributed by atoms with Crippen LogP contribution in [0.3, 0.4) is 0 Å². The van der Waals surface area contributed by atoms with Gasteiger partial charge in [0.1, 0.15) is 11.8 Å². The molecule has 0 fully saturated rings. The number of rotatable bonds is 9. The summed E-state index contributed by atoms with van der Waals surface area (Å²) in [5, 5.41) is 38.6. The van der Waals surface area contributed by atoms with Gasteiger partial charge in [-0.1, -0.05) is 48.0 Å². The van der Waals surface area contributed by atoms with Gasteiger partial charge in [-0.05, 0) is 35.7 Å². The maximum Gasteiger partial charge on any atom is 0.109 e. The van der Waals surface area contributed by atoms with Crippen molar-refractivity contribution in [2.24, 2.45) is 0 Å². The highest BCUT2D eigenvalue weighted by Crippen LogP contribution is 2.37. The number of nitrogens with one attached hydrogen (secondary N) is 3. The molecule has 2 aromatic carbocycles. The molecule has 3 aromatic heterocycles. The summed E-state index contributed by atoms with van der Waals surface area (Å²) >= 11 is 6.70. The standard InChI is InChI=1S/C27H23ClN8O/c28-22-12-20(33-26(24-16-32-36-35-24)18-7-4-9-30-14-18)11-21-25(19(13-29)15-31-27(21)22)34-23(8-10-37)17-5-2-1-3-6-17/h1-7,9,11-12,14-16,23,26,33,37H,8,10H2,(H,31,34)(H,32,35,36)/t23-,26+/m1/s1. The molecule has 4 N–H and O–H groups in total. The fourth-order valence-electron chi connectivity index (χ4n) is 4.29. The zero-order chi connectivity index (χ0) is 25.6. The van der Waals surface area contributed by atoms with Crippen molar-refractivity contribution in [3.05, 3.63) is 107 Å². The minimum Gasteiger partial charge on any atom is -0.396 e. The van der Waals surface area contributed by atoms with Gasteiger partial charge in [-0.15, -0.1) is 0 Å². The second kappa shape index (κ2) is 11.0. The zero-order valence-electron chi connectivity index (χ0n) is 19.6. The van der Waals surface area contributed by atoms with Gasteiger partial charge in [0, 0.05) is 36.3 Å². The first kappa shape index (κ1) is 24.2. The van der Waals surface area contributed by atoms with E-state index in [4.69, 9.17) is 11.6 Å². The number of pyridine rings is 2. The molecule has 5 rings (SSSR count). The molecule has 10 heteroatoms. The summed E-state index contributed by atoms with van der Waals surface area (Å²) in [6.45, 7) is -0.0183. The maximum atomic E-state index is 9.90.